The maximum Gasteiger partial charge on any atom is 0.188 e. The molecule has 0 amide bonds. The Labute approximate surface area is 190 Å². The highest BCUT2D eigenvalue weighted by molar-refractivity contribution is 5.90. The molecule has 0 saturated heterocycles. The predicted molar refractivity (Wildman–Crippen MR) is 131 cm³/mol. The van der Waals surface area contributed by atoms with Gasteiger partial charge in [-0.2, -0.15) is 0 Å². The second kappa shape index (κ2) is 10.1. The molecule has 4 aromatic rings. The summed E-state index contributed by atoms with van der Waals surface area (Å²) in [5.41, 5.74) is 7.00. The van der Waals surface area contributed by atoms with E-state index in [1.807, 2.05) is 12.1 Å². The highest BCUT2D eigenvalue weighted by atomic mass is 16.7. The maximum absolute atomic E-state index is 5.88. The van der Waals surface area contributed by atoms with Gasteiger partial charge in [0.25, 0.3) is 0 Å². The molecule has 0 aliphatic heterocycles. The summed E-state index contributed by atoms with van der Waals surface area (Å²) >= 11 is 0. The minimum absolute atomic E-state index is 0.188. The smallest absolute Gasteiger partial charge is 0.188 e. The molecule has 0 bridgehead atoms. The number of hydrogen-bond acceptors (Lipinski definition) is 4. The van der Waals surface area contributed by atoms with E-state index >= 15 is 0 Å². The van der Waals surface area contributed by atoms with Crippen LogP contribution in [-0.2, 0) is 4.74 Å². The second-order valence-electron chi connectivity index (χ2n) is 8.51. The number of benzene rings is 1. The van der Waals surface area contributed by atoms with E-state index in [1.54, 1.807) is 7.11 Å². The highest BCUT2D eigenvalue weighted by Crippen LogP contribution is 2.35. The molecular formula is C27H33N3O2. The van der Waals surface area contributed by atoms with Crippen molar-refractivity contribution in [2.75, 3.05) is 13.9 Å². The summed E-state index contributed by atoms with van der Waals surface area (Å²) < 4.78 is 11.0. The number of aromatic nitrogens is 3. The highest BCUT2D eigenvalue weighted by Gasteiger charge is 2.15. The van der Waals surface area contributed by atoms with Crippen LogP contribution in [0.5, 0.6) is 5.75 Å². The van der Waals surface area contributed by atoms with Crippen LogP contribution in [0, 0.1) is 6.92 Å². The van der Waals surface area contributed by atoms with Crippen LogP contribution in [0.3, 0.4) is 0 Å². The van der Waals surface area contributed by atoms with Crippen molar-refractivity contribution >= 4 is 21.9 Å². The lowest BCUT2D eigenvalue weighted by Gasteiger charge is -2.15. The van der Waals surface area contributed by atoms with Crippen molar-refractivity contribution in [3.05, 3.63) is 53.9 Å². The lowest BCUT2D eigenvalue weighted by Crippen LogP contribution is -2.02. The molecule has 0 spiro atoms. The Morgan fingerprint density at radius 1 is 0.969 bits per heavy atom. The van der Waals surface area contributed by atoms with Crippen molar-refractivity contribution in [1.29, 1.82) is 0 Å². The van der Waals surface area contributed by atoms with Crippen LogP contribution in [0.2, 0.25) is 0 Å². The van der Waals surface area contributed by atoms with Gasteiger partial charge in [-0.05, 0) is 56.2 Å². The number of methoxy groups -OCH3 is 1. The maximum atomic E-state index is 5.88. The van der Waals surface area contributed by atoms with Crippen molar-refractivity contribution in [3.63, 3.8) is 0 Å². The lowest BCUT2D eigenvalue weighted by molar-refractivity contribution is 0.0516. The quantitative estimate of drug-likeness (QED) is 0.214. The van der Waals surface area contributed by atoms with E-state index < -0.39 is 0 Å². The van der Waals surface area contributed by atoms with Gasteiger partial charge in [-0.25, -0.2) is 4.98 Å². The molecule has 3 heterocycles. The fourth-order valence-corrected chi connectivity index (χ4v) is 4.35. The van der Waals surface area contributed by atoms with E-state index in [0.29, 0.717) is 5.92 Å². The summed E-state index contributed by atoms with van der Waals surface area (Å²) in [5, 5.41) is 1.13. The third-order valence-corrected chi connectivity index (χ3v) is 6.09. The van der Waals surface area contributed by atoms with Crippen LogP contribution in [0.4, 0.5) is 0 Å². The number of hydrogen-bond donors (Lipinski definition) is 1. The molecule has 5 nitrogen and oxygen atoms in total. The molecule has 0 saturated carbocycles. The van der Waals surface area contributed by atoms with E-state index in [2.05, 4.69) is 56.1 Å². The van der Waals surface area contributed by atoms with Gasteiger partial charge in [0.15, 0.2) is 6.79 Å². The topological polar surface area (TPSA) is 60.0 Å². The molecule has 1 unspecified atom stereocenters. The summed E-state index contributed by atoms with van der Waals surface area (Å²) in [4.78, 5) is 13.3. The average molecular weight is 432 g/mol. The zero-order valence-electron chi connectivity index (χ0n) is 19.6. The normalized spacial score (nSPS) is 12.5. The summed E-state index contributed by atoms with van der Waals surface area (Å²) in [6.07, 6.45) is 6.11. The summed E-state index contributed by atoms with van der Waals surface area (Å²) in [7, 11) is 1.63. The van der Waals surface area contributed by atoms with E-state index in [0.717, 1.165) is 51.1 Å². The number of H-pyrrole nitrogens is 1. The van der Waals surface area contributed by atoms with E-state index in [4.69, 9.17) is 19.4 Å². The number of ether oxygens (including phenoxy) is 2. The van der Waals surface area contributed by atoms with Crippen molar-refractivity contribution in [3.8, 4) is 17.0 Å². The predicted octanol–water partition coefficient (Wildman–Crippen LogP) is 7.14. The van der Waals surface area contributed by atoms with Crippen LogP contribution in [0.15, 0.2) is 42.5 Å². The SMILES string of the molecule is CCCCCC(CC)c1ccc2nc(-c3cc4cc(C)[nH]c4cc3OCOC)ccc2n1. The van der Waals surface area contributed by atoms with Gasteiger partial charge in [-0.3, -0.25) is 4.98 Å². The first-order valence-corrected chi connectivity index (χ1v) is 11.7. The van der Waals surface area contributed by atoms with Gasteiger partial charge >= 0.3 is 0 Å². The van der Waals surface area contributed by atoms with Gasteiger partial charge in [0, 0.05) is 46.9 Å². The van der Waals surface area contributed by atoms with Gasteiger partial charge in [0.2, 0.25) is 0 Å². The minimum atomic E-state index is 0.188. The average Bonchev–Trinajstić information content (AvgIpc) is 3.18. The van der Waals surface area contributed by atoms with Crippen LogP contribution in [0.25, 0.3) is 33.2 Å². The molecule has 168 valence electrons. The molecular weight excluding hydrogens is 398 g/mol. The first-order chi connectivity index (χ1) is 15.6. The Morgan fingerprint density at radius 3 is 2.56 bits per heavy atom. The Morgan fingerprint density at radius 2 is 1.78 bits per heavy atom. The Balaban J connectivity index is 1.69. The number of aromatic amines is 1. The molecule has 1 aromatic carbocycles. The molecule has 1 atom stereocenters. The third-order valence-electron chi connectivity index (χ3n) is 6.09. The first kappa shape index (κ1) is 22.3. The zero-order valence-corrected chi connectivity index (χ0v) is 19.6. The molecule has 5 heteroatoms. The van der Waals surface area contributed by atoms with Crippen LogP contribution < -0.4 is 4.74 Å². The fourth-order valence-electron chi connectivity index (χ4n) is 4.35. The van der Waals surface area contributed by atoms with E-state index in [1.165, 1.54) is 31.4 Å². The monoisotopic (exact) mass is 431 g/mol. The summed E-state index contributed by atoms with van der Waals surface area (Å²) in [6, 6.07) is 14.7. The third kappa shape index (κ3) is 4.78. The zero-order chi connectivity index (χ0) is 22.5. The number of fused-ring (bicyclic) bond motifs is 2. The Hall–Kier alpha value is -2.92. The van der Waals surface area contributed by atoms with Crippen LogP contribution in [-0.4, -0.2) is 28.9 Å². The van der Waals surface area contributed by atoms with Crippen LogP contribution >= 0.6 is 0 Å². The Kier molecular flexibility index (Phi) is 7.05. The second-order valence-corrected chi connectivity index (χ2v) is 8.51. The molecule has 4 rings (SSSR count). The summed E-state index contributed by atoms with van der Waals surface area (Å²) in [6.45, 7) is 6.75. The van der Waals surface area contributed by atoms with Crippen molar-refractivity contribution in [1.82, 2.24) is 15.0 Å². The molecule has 0 radical (unpaired) electrons. The largest absolute Gasteiger partial charge is 0.467 e. The van der Waals surface area contributed by atoms with Gasteiger partial charge in [-0.15, -0.1) is 0 Å². The molecule has 0 aliphatic carbocycles. The van der Waals surface area contributed by atoms with Crippen molar-refractivity contribution in [2.24, 2.45) is 0 Å². The molecule has 32 heavy (non-hydrogen) atoms. The first-order valence-electron chi connectivity index (χ1n) is 11.7. The number of unbranched alkanes of at least 4 members (excludes halogenated alkanes) is 2. The van der Waals surface area contributed by atoms with E-state index in [9.17, 15) is 0 Å². The van der Waals surface area contributed by atoms with Crippen molar-refractivity contribution in [2.45, 2.75) is 58.8 Å². The standard InChI is InChI=1S/C27H33N3O2/c1-5-7-8-9-19(6-2)22-10-12-25-24(29-22)13-11-23(30-25)21-15-20-14-18(3)28-26(20)16-27(21)32-17-31-4/h10-16,19,28H,5-9,17H2,1-4H3. The van der Waals surface area contributed by atoms with Gasteiger partial charge < -0.3 is 14.5 Å². The van der Waals surface area contributed by atoms with E-state index in [-0.39, 0.29) is 6.79 Å². The number of pyridine rings is 2. The lowest BCUT2D eigenvalue weighted by atomic mass is 9.94. The number of nitrogens with zero attached hydrogens (tertiary/aromatic N) is 2. The molecule has 3 aromatic heterocycles. The molecule has 1 N–H and O–H groups in total. The van der Waals surface area contributed by atoms with Crippen molar-refractivity contribution < 1.29 is 9.47 Å². The Bertz CT molecular complexity index is 1200. The van der Waals surface area contributed by atoms with Crippen LogP contribution in [0.1, 0.15) is 63.3 Å². The number of rotatable bonds is 10. The minimum Gasteiger partial charge on any atom is -0.467 e. The molecule has 0 fully saturated rings. The fraction of sp³-hybridized carbons (Fsp3) is 0.407. The van der Waals surface area contributed by atoms with Gasteiger partial charge in [-0.1, -0.05) is 33.1 Å². The number of nitrogens with one attached hydrogen (secondary N) is 1. The molecule has 0 aliphatic rings. The van der Waals surface area contributed by atoms with Gasteiger partial charge in [0.1, 0.15) is 5.75 Å². The number of aryl methyl sites for hydroxylation is 1. The van der Waals surface area contributed by atoms with Gasteiger partial charge in [0.05, 0.1) is 16.7 Å². The summed E-state index contributed by atoms with van der Waals surface area (Å²) in [5.74, 6) is 1.26.